The van der Waals surface area contributed by atoms with Crippen LogP contribution in [0.3, 0.4) is 0 Å². The van der Waals surface area contributed by atoms with Crippen molar-refractivity contribution < 1.29 is 24.6 Å². The first kappa shape index (κ1) is 16.8. The average molecular weight is 352 g/mol. The van der Waals surface area contributed by atoms with Crippen molar-refractivity contribution in [2.75, 3.05) is 5.32 Å². The fourth-order valence-corrected chi connectivity index (χ4v) is 2.30. The molecule has 2 rings (SSSR count). The molecule has 0 saturated heterocycles. The highest BCUT2D eigenvalue weighted by molar-refractivity contribution is 6.37. The van der Waals surface area contributed by atoms with Crippen molar-refractivity contribution in [2.45, 2.75) is 0 Å². The van der Waals surface area contributed by atoms with E-state index in [4.69, 9.17) is 23.2 Å². The van der Waals surface area contributed by atoms with E-state index < -0.39 is 29.0 Å². The van der Waals surface area contributed by atoms with E-state index in [-0.39, 0.29) is 16.3 Å². The summed E-state index contributed by atoms with van der Waals surface area (Å²) >= 11 is 11.6. The van der Waals surface area contributed by atoms with Gasteiger partial charge in [-0.3, -0.25) is 4.79 Å². The Balaban J connectivity index is 2.37. The highest BCUT2D eigenvalue weighted by Gasteiger charge is 2.12. The monoisotopic (exact) mass is 351 g/mol. The second kappa shape index (κ2) is 6.68. The van der Waals surface area contributed by atoms with Crippen molar-refractivity contribution in [1.82, 2.24) is 0 Å². The van der Waals surface area contributed by atoms with E-state index >= 15 is 0 Å². The van der Waals surface area contributed by atoms with Crippen LogP contribution in [0.4, 0.5) is 5.69 Å². The molecule has 0 unspecified atom stereocenters. The van der Waals surface area contributed by atoms with Gasteiger partial charge in [-0.05, 0) is 47.5 Å². The summed E-state index contributed by atoms with van der Waals surface area (Å²) in [6.07, 6.45) is 0. The molecular formula is C15H7Cl2NO5-2. The topological polar surface area (TPSA) is 109 Å². The van der Waals surface area contributed by atoms with E-state index in [1.54, 1.807) is 0 Å². The van der Waals surface area contributed by atoms with E-state index in [0.717, 1.165) is 18.2 Å². The molecule has 0 saturated carbocycles. The molecule has 8 heteroatoms. The first-order valence-corrected chi connectivity index (χ1v) is 6.87. The van der Waals surface area contributed by atoms with Gasteiger partial charge in [0.25, 0.3) is 5.91 Å². The number of benzene rings is 2. The molecule has 23 heavy (non-hydrogen) atoms. The highest BCUT2D eigenvalue weighted by Crippen LogP contribution is 2.23. The summed E-state index contributed by atoms with van der Waals surface area (Å²) in [5.74, 6) is -3.84. The van der Waals surface area contributed by atoms with E-state index in [1.165, 1.54) is 18.2 Å². The van der Waals surface area contributed by atoms with Gasteiger partial charge in [-0.1, -0.05) is 23.2 Å². The number of nitrogens with one attached hydrogen (secondary N) is 1. The first-order valence-electron chi connectivity index (χ1n) is 6.12. The molecule has 0 aliphatic heterocycles. The molecule has 1 amide bonds. The predicted octanol–water partition coefficient (Wildman–Crippen LogP) is 0.973. The minimum Gasteiger partial charge on any atom is -0.545 e. The van der Waals surface area contributed by atoms with Crippen LogP contribution in [0, 0.1) is 0 Å². The lowest BCUT2D eigenvalue weighted by atomic mass is 10.1. The van der Waals surface area contributed by atoms with Gasteiger partial charge in [0.15, 0.2) is 0 Å². The molecule has 0 aromatic heterocycles. The number of hydrogen-bond acceptors (Lipinski definition) is 5. The van der Waals surface area contributed by atoms with Crippen LogP contribution in [0.2, 0.25) is 10.0 Å². The number of carbonyl (C=O) groups is 3. The molecule has 0 aliphatic rings. The quantitative estimate of drug-likeness (QED) is 0.882. The maximum atomic E-state index is 12.1. The maximum absolute atomic E-state index is 12.1. The van der Waals surface area contributed by atoms with Crippen LogP contribution in [-0.4, -0.2) is 17.8 Å². The second-order valence-corrected chi connectivity index (χ2v) is 5.30. The molecule has 0 spiro atoms. The Bertz CT molecular complexity index is 787. The number of hydrogen-bond donors (Lipinski definition) is 1. The van der Waals surface area contributed by atoms with Gasteiger partial charge in [-0.25, -0.2) is 0 Å². The zero-order valence-corrected chi connectivity index (χ0v) is 12.8. The van der Waals surface area contributed by atoms with Crippen LogP contribution in [0.15, 0.2) is 36.4 Å². The van der Waals surface area contributed by atoms with Crippen LogP contribution in [0.25, 0.3) is 0 Å². The van der Waals surface area contributed by atoms with Crippen LogP contribution in [0.5, 0.6) is 0 Å². The highest BCUT2D eigenvalue weighted by atomic mass is 35.5. The lowest BCUT2D eigenvalue weighted by Gasteiger charge is -2.12. The van der Waals surface area contributed by atoms with Gasteiger partial charge in [-0.2, -0.15) is 0 Å². The van der Waals surface area contributed by atoms with Gasteiger partial charge in [0, 0.05) is 10.7 Å². The molecule has 118 valence electrons. The van der Waals surface area contributed by atoms with Gasteiger partial charge < -0.3 is 25.1 Å². The summed E-state index contributed by atoms with van der Waals surface area (Å²) in [5.41, 5.74) is -0.791. The normalized spacial score (nSPS) is 10.2. The molecule has 0 fully saturated rings. The molecule has 0 radical (unpaired) electrons. The van der Waals surface area contributed by atoms with Crippen molar-refractivity contribution >= 4 is 46.7 Å². The van der Waals surface area contributed by atoms with Crippen molar-refractivity contribution in [1.29, 1.82) is 0 Å². The molecule has 0 atom stereocenters. The fraction of sp³-hybridized carbons (Fsp3) is 0. The maximum Gasteiger partial charge on any atom is 0.257 e. The number of rotatable bonds is 4. The standard InChI is InChI=1S/C15H9Cl2NO5/c16-9-1-2-11(12(17)6-9)13(19)18-10-4-7(14(20)21)3-8(5-10)15(22)23/h1-6H,(H,18,19)(H,20,21)(H,22,23)/p-2. The summed E-state index contributed by atoms with van der Waals surface area (Å²) in [6.45, 7) is 0. The smallest absolute Gasteiger partial charge is 0.257 e. The zero-order chi connectivity index (χ0) is 17.1. The molecule has 6 nitrogen and oxygen atoms in total. The molecular weight excluding hydrogens is 345 g/mol. The number of halogens is 2. The Morgan fingerprint density at radius 2 is 1.43 bits per heavy atom. The molecule has 0 bridgehead atoms. The number of anilines is 1. The molecule has 0 aliphatic carbocycles. The van der Waals surface area contributed by atoms with E-state index in [2.05, 4.69) is 5.32 Å². The summed E-state index contributed by atoms with van der Waals surface area (Å²) in [5, 5.41) is 24.6. The third-order valence-corrected chi connectivity index (χ3v) is 3.39. The van der Waals surface area contributed by atoms with Crippen molar-refractivity contribution in [3.8, 4) is 0 Å². The van der Waals surface area contributed by atoms with Crippen LogP contribution in [0.1, 0.15) is 31.1 Å². The van der Waals surface area contributed by atoms with E-state index in [1.807, 2.05) is 0 Å². The zero-order valence-electron chi connectivity index (χ0n) is 11.3. The summed E-state index contributed by atoms with van der Waals surface area (Å²) < 4.78 is 0. The Labute approximate surface area is 140 Å². The van der Waals surface area contributed by atoms with Gasteiger partial charge in [0.05, 0.1) is 22.5 Å². The first-order chi connectivity index (χ1) is 10.8. The Morgan fingerprint density at radius 1 is 0.870 bits per heavy atom. The van der Waals surface area contributed by atoms with Crippen molar-refractivity contribution in [3.05, 3.63) is 63.1 Å². The summed E-state index contributed by atoms with van der Waals surface area (Å²) in [6, 6.07) is 7.18. The lowest BCUT2D eigenvalue weighted by molar-refractivity contribution is -0.255. The summed E-state index contributed by atoms with van der Waals surface area (Å²) in [4.78, 5) is 33.9. The average Bonchev–Trinajstić information content (AvgIpc) is 2.46. The number of aromatic carboxylic acids is 2. The molecule has 2 aromatic carbocycles. The predicted molar refractivity (Wildman–Crippen MR) is 79.5 cm³/mol. The summed E-state index contributed by atoms with van der Waals surface area (Å²) in [7, 11) is 0. The Hall–Kier alpha value is -2.57. The van der Waals surface area contributed by atoms with Crippen LogP contribution in [-0.2, 0) is 0 Å². The number of carboxylic acids is 2. The van der Waals surface area contributed by atoms with Crippen LogP contribution < -0.4 is 15.5 Å². The lowest BCUT2D eigenvalue weighted by Crippen LogP contribution is -2.26. The van der Waals surface area contributed by atoms with Gasteiger partial charge in [0.2, 0.25) is 0 Å². The third kappa shape index (κ3) is 4.00. The third-order valence-electron chi connectivity index (χ3n) is 2.84. The van der Waals surface area contributed by atoms with Gasteiger partial charge >= 0.3 is 0 Å². The van der Waals surface area contributed by atoms with Gasteiger partial charge in [-0.15, -0.1) is 0 Å². The number of carboxylic acid groups (broad SMARTS) is 2. The van der Waals surface area contributed by atoms with E-state index in [9.17, 15) is 24.6 Å². The second-order valence-electron chi connectivity index (χ2n) is 4.45. The van der Waals surface area contributed by atoms with Crippen LogP contribution >= 0.6 is 23.2 Å². The molecule has 0 heterocycles. The SMILES string of the molecule is O=C([O-])c1cc(NC(=O)c2ccc(Cl)cc2Cl)cc(C(=O)[O-])c1. The minimum absolute atomic E-state index is 0.0538. The molecule has 2 aromatic rings. The fourth-order valence-electron chi connectivity index (χ4n) is 1.81. The largest absolute Gasteiger partial charge is 0.545 e. The Kier molecular flexibility index (Phi) is 4.88. The number of carbonyl (C=O) groups excluding carboxylic acids is 3. The van der Waals surface area contributed by atoms with Crippen molar-refractivity contribution in [2.24, 2.45) is 0 Å². The number of amides is 1. The van der Waals surface area contributed by atoms with E-state index in [0.29, 0.717) is 5.02 Å². The molecule has 1 N–H and O–H groups in total. The van der Waals surface area contributed by atoms with Crippen molar-refractivity contribution in [3.63, 3.8) is 0 Å². The Morgan fingerprint density at radius 3 is 1.91 bits per heavy atom. The minimum atomic E-state index is -1.59. The van der Waals surface area contributed by atoms with Gasteiger partial charge in [0.1, 0.15) is 0 Å².